The van der Waals surface area contributed by atoms with Gasteiger partial charge in [-0.2, -0.15) is 10.4 Å². The molecule has 2 aromatic rings. The second-order valence-electron chi connectivity index (χ2n) is 3.80. The number of phenolic OH excluding ortho intramolecular Hbond substituents is 1. The first kappa shape index (κ1) is 12.4. The summed E-state index contributed by atoms with van der Waals surface area (Å²) in [5.41, 5.74) is 2.14. The molecule has 0 aliphatic heterocycles. The maximum atomic E-state index is 9.40. The lowest BCUT2D eigenvalue weighted by Crippen LogP contribution is -1.98. The molecule has 0 saturated carbocycles. The summed E-state index contributed by atoms with van der Waals surface area (Å²) in [4.78, 5) is 0.823. The highest BCUT2D eigenvalue weighted by molar-refractivity contribution is 7.99. The van der Waals surface area contributed by atoms with E-state index in [1.807, 2.05) is 19.9 Å². The van der Waals surface area contributed by atoms with E-state index in [0.717, 1.165) is 16.2 Å². The van der Waals surface area contributed by atoms with Crippen LogP contribution in [0.15, 0.2) is 34.2 Å². The fourth-order valence-corrected chi connectivity index (χ4v) is 2.38. The number of nitriles is 1. The Morgan fingerprint density at radius 3 is 2.72 bits per heavy atom. The second kappa shape index (κ2) is 5.07. The van der Waals surface area contributed by atoms with E-state index < -0.39 is 0 Å². The molecule has 0 unspecified atom stereocenters. The molecule has 0 amide bonds. The molecule has 0 radical (unpaired) electrons. The first-order valence-electron chi connectivity index (χ1n) is 5.32. The minimum atomic E-state index is 0.190. The smallest absolute Gasteiger partial charge is 0.142 e. The molecule has 0 atom stereocenters. The van der Waals surface area contributed by atoms with E-state index in [-0.39, 0.29) is 5.75 Å². The van der Waals surface area contributed by atoms with E-state index in [1.54, 1.807) is 18.2 Å². The lowest BCUT2D eigenvalue weighted by molar-refractivity contribution is 0.474. The molecule has 1 aromatic heterocycles. The van der Waals surface area contributed by atoms with Gasteiger partial charge in [0, 0.05) is 4.90 Å². The third kappa shape index (κ3) is 2.44. The Bertz CT molecular complexity index is 635. The average molecular weight is 257 g/mol. The van der Waals surface area contributed by atoms with Gasteiger partial charge in [0.05, 0.1) is 11.3 Å². The van der Waals surface area contributed by atoms with Gasteiger partial charge in [-0.1, -0.05) is 17.8 Å². The van der Waals surface area contributed by atoms with E-state index in [9.17, 15) is 10.4 Å². The van der Waals surface area contributed by atoms with E-state index in [4.69, 9.17) is 0 Å². The molecule has 0 spiro atoms. The normalized spacial score (nSPS) is 10.1. The summed E-state index contributed by atoms with van der Waals surface area (Å²) >= 11 is 1.32. The number of rotatable bonds is 2. The van der Waals surface area contributed by atoms with E-state index in [2.05, 4.69) is 16.3 Å². The van der Waals surface area contributed by atoms with Crippen molar-refractivity contribution < 1.29 is 5.11 Å². The van der Waals surface area contributed by atoms with Gasteiger partial charge in [-0.05, 0) is 37.6 Å². The van der Waals surface area contributed by atoms with Gasteiger partial charge >= 0.3 is 0 Å². The number of phenols is 1. The van der Waals surface area contributed by atoms with Crippen molar-refractivity contribution in [2.24, 2.45) is 0 Å². The van der Waals surface area contributed by atoms with Gasteiger partial charge in [0.2, 0.25) is 0 Å². The van der Waals surface area contributed by atoms with Crippen LogP contribution in [-0.4, -0.2) is 15.3 Å². The van der Waals surface area contributed by atoms with Crippen LogP contribution in [-0.2, 0) is 0 Å². The SMILES string of the molecule is Cc1nnc(Sc2cccc(O)c2)c(C#N)c1C. The lowest BCUT2D eigenvalue weighted by Gasteiger charge is -2.06. The van der Waals surface area contributed by atoms with Crippen LogP contribution in [0.25, 0.3) is 0 Å². The highest BCUT2D eigenvalue weighted by atomic mass is 32.2. The first-order valence-corrected chi connectivity index (χ1v) is 6.14. The van der Waals surface area contributed by atoms with Crippen molar-refractivity contribution >= 4 is 11.8 Å². The van der Waals surface area contributed by atoms with Gasteiger partial charge in [-0.25, -0.2) is 0 Å². The highest BCUT2D eigenvalue weighted by Gasteiger charge is 2.12. The zero-order chi connectivity index (χ0) is 13.1. The second-order valence-corrected chi connectivity index (χ2v) is 4.86. The number of aromatic hydroxyl groups is 1. The monoisotopic (exact) mass is 257 g/mol. The van der Waals surface area contributed by atoms with E-state index >= 15 is 0 Å². The van der Waals surface area contributed by atoms with Crippen molar-refractivity contribution in [3.05, 3.63) is 41.1 Å². The molecule has 18 heavy (non-hydrogen) atoms. The Labute approximate surface area is 109 Å². The van der Waals surface area contributed by atoms with Crippen LogP contribution < -0.4 is 0 Å². The van der Waals surface area contributed by atoms with Crippen LogP contribution in [0, 0.1) is 25.2 Å². The van der Waals surface area contributed by atoms with Crippen molar-refractivity contribution in [3.63, 3.8) is 0 Å². The number of aromatic nitrogens is 2. The van der Waals surface area contributed by atoms with Crippen molar-refractivity contribution in [3.8, 4) is 11.8 Å². The molecule has 0 aliphatic rings. The molecule has 0 bridgehead atoms. The minimum Gasteiger partial charge on any atom is -0.508 e. The first-order chi connectivity index (χ1) is 8.61. The van der Waals surface area contributed by atoms with Gasteiger partial charge < -0.3 is 5.11 Å². The molecule has 0 aliphatic carbocycles. The third-order valence-electron chi connectivity index (χ3n) is 2.57. The Balaban J connectivity index is 2.42. The molecule has 1 heterocycles. The Hall–Kier alpha value is -2.06. The molecule has 1 N–H and O–H groups in total. The molecule has 5 heteroatoms. The summed E-state index contributed by atoms with van der Waals surface area (Å²) in [5, 5.41) is 27.2. The standard InChI is InChI=1S/C13H11N3OS/c1-8-9(2)15-16-13(12(8)7-14)18-11-5-3-4-10(17)6-11/h3-6,17H,1-2H3. The predicted molar refractivity (Wildman–Crippen MR) is 68.5 cm³/mol. The molecular formula is C13H11N3OS. The number of benzene rings is 1. The molecule has 90 valence electrons. The Morgan fingerprint density at radius 1 is 1.28 bits per heavy atom. The van der Waals surface area contributed by atoms with Gasteiger partial charge in [-0.3, -0.25) is 0 Å². The lowest BCUT2D eigenvalue weighted by atomic mass is 10.1. The van der Waals surface area contributed by atoms with Crippen molar-refractivity contribution in [1.29, 1.82) is 5.26 Å². The largest absolute Gasteiger partial charge is 0.508 e. The third-order valence-corrected chi connectivity index (χ3v) is 3.54. The van der Waals surface area contributed by atoms with Crippen LogP contribution in [0.5, 0.6) is 5.75 Å². The van der Waals surface area contributed by atoms with Crippen LogP contribution in [0.2, 0.25) is 0 Å². The summed E-state index contributed by atoms with van der Waals surface area (Å²) < 4.78 is 0. The van der Waals surface area contributed by atoms with Crippen molar-refractivity contribution in [2.75, 3.05) is 0 Å². The summed E-state index contributed by atoms with van der Waals surface area (Å²) in [6.07, 6.45) is 0. The van der Waals surface area contributed by atoms with Gasteiger partial charge in [-0.15, -0.1) is 5.10 Å². The number of hydrogen-bond donors (Lipinski definition) is 1. The van der Waals surface area contributed by atoms with Gasteiger partial charge in [0.15, 0.2) is 0 Å². The topological polar surface area (TPSA) is 69.8 Å². The van der Waals surface area contributed by atoms with Crippen LogP contribution in [0.4, 0.5) is 0 Å². The minimum absolute atomic E-state index is 0.190. The highest BCUT2D eigenvalue weighted by Crippen LogP contribution is 2.31. The average Bonchev–Trinajstić information content (AvgIpc) is 2.34. The number of aryl methyl sites for hydroxylation is 1. The van der Waals surface area contributed by atoms with E-state index in [1.165, 1.54) is 11.8 Å². The maximum absolute atomic E-state index is 9.40. The summed E-state index contributed by atoms with van der Waals surface area (Å²) in [6.45, 7) is 3.68. The summed E-state index contributed by atoms with van der Waals surface area (Å²) in [7, 11) is 0. The zero-order valence-corrected chi connectivity index (χ0v) is 10.8. The quantitative estimate of drug-likeness (QED) is 0.895. The summed E-state index contributed by atoms with van der Waals surface area (Å²) in [5.74, 6) is 0.190. The number of hydrogen-bond acceptors (Lipinski definition) is 5. The fraction of sp³-hybridized carbons (Fsp3) is 0.154. The van der Waals surface area contributed by atoms with Gasteiger partial charge in [0.1, 0.15) is 16.8 Å². The summed E-state index contributed by atoms with van der Waals surface area (Å²) in [6, 6.07) is 8.98. The van der Waals surface area contributed by atoms with Crippen LogP contribution >= 0.6 is 11.8 Å². The maximum Gasteiger partial charge on any atom is 0.142 e. The molecule has 0 saturated heterocycles. The van der Waals surface area contributed by atoms with Gasteiger partial charge in [0.25, 0.3) is 0 Å². The predicted octanol–water partition coefficient (Wildman–Crippen LogP) is 2.82. The van der Waals surface area contributed by atoms with Crippen LogP contribution in [0.3, 0.4) is 0 Å². The Kier molecular flexibility index (Phi) is 3.49. The van der Waals surface area contributed by atoms with Crippen LogP contribution in [0.1, 0.15) is 16.8 Å². The van der Waals surface area contributed by atoms with Crippen molar-refractivity contribution in [2.45, 2.75) is 23.8 Å². The molecule has 2 rings (SSSR count). The van der Waals surface area contributed by atoms with Crippen molar-refractivity contribution in [1.82, 2.24) is 10.2 Å². The number of nitrogens with zero attached hydrogens (tertiary/aromatic N) is 3. The zero-order valence-electron chi connectivity index (χ0n) is 10.0. The molecular weight excluding hydrogens is 246 g/mol. The van der Waals surface area contributed by atoms with E-state index in [0.29, 0.717) is 10.6 Å². The molecule has 0 fully saturated rings. The Morgan fingerprint density at radius 2 is 2.06 bits per heavy atom. The molecule has 1 aromatic carbocycles. The fourth-order valence-electron chi connectivity index (χ4n) is 1.45. The molecule has 4 nitrogen and oxygen atoms in total.